The molecule has 2 aromatic rings. The van der Waals surface area contributed by atoms with Gasteiger partial charge in [-0.05, 0) is 55.2 Å². The summed E-state index contributed by atoms with van der Waals surface area (Å²) in [6, 6.07) is 13.8. The zero-order valence-corrected chi connectivity index (χ0v) is 17.9. The molecule has 0 spiro atoms. The minimum absolute atomic E-state index is 0.0442. The Hall–Kier alpha value is -2.54. The van der Waals surface area contributed by atoms with Crippen molar-refractivity contribution in [1.29, 1.82) is 0 Å². The number of fused-ring (bicyclic) bond motifs is 3. The third-order valence-electron chi connectivity index (χ3n) is 7.29. The van der Waals surface area contributed by atoms with E-state index in [9.17, 15) is 18.0 Å². The van der Waals surface area contributed by atoms with Crippen molar-refractivity contribution in [1.82, 2.24) is 4.90 Å². The van der Waals surface area contributed by atoms with Gasteiger partial charge in [0.15, 0.2) is 0 Å². The van der Waals surface area contributed by atoms with Gasteiger partial charge in [0.2, 0.25) is 5.91 Å². The summed E-state index contributed by atoms with van der Waals surface area (Å²) in [4.78, 5) is 18.0. The highest BCUT2D eigenvalue weighted by Crippen LogP contribution is 2.40. The molecule has 0 radical (unpaired) electrons. The Morgan fingerprint density at radius 3 is 2.47 bits per heavy atom. The maximum Gasteiger partial charge on any atom is 0.416 e. The average molecular weight is 444 g/mol. The van der Waals surface area contributed by atoms with E-state index >= 15 is 0 Å². The average Bonchev–Trinajstić information content (AvgIpc) is 3.33. The lowest BCUT2D eigenvalue weighted by molar-refractivity contribution is -0.137. The SMILES string of the molecule is O=C(Nc1ccccc1)[C@H]1Cc2cc(C(F)(F)F)ccc2N2CCN(C3CCCC3)C[C@H]12. The lowest BCUT2D eigenvalue weighted by Gasteiger charge is -2.50. The number of benzene rings is 2. The molecule has 2 atom stereocenters. The normalized spacial score (nSPS) is 24.2. The zero-order chi connectivity index (χ0) is 22.3. The number of nitrogens with zero attached hydrogens (tertiary/aromatic N) is 2. The van der Waals surface area contributed by atoms with Gasteiger partial charge in [-0.25, -0.2) is 0 Å². The number of hydrogen-bond acceptors (Lipinski definition) is 3. The van der Waals surface area contributed by atoms with Crippen molar-refractivity contribution in [2.24, 2.45) is 5.92 Å². The molecule has 1 saturated heterocycles. The summed E-state index contributed by atoms with van der Waals surface area (Å²) in [6.45, 7) is 2.39. The van der Waals surface area contributed by atoms with E-state index in [-0.39, 0.29) is 11.9 Å². The van der Waals surface area contributed by atoms with Crippen molar-refractivity contribution in [2.45, 2.75) is 50.4 Å². The summed E-state index contributed by atoms with van der Waals surface area (Å²) in [5.41, 5.74) is 1.51. The molecule has 4 nitrogen and oxygen atoms in total. The Balaban J connectivity index is 1.46. The van der Waals surface area contributed by atoms with Crippen LogP contribution in [0.15, 0.2) is 48.5 Å². The van der Waals surface area contributed by atoms with Gasteiger partial charge >= 0.3 is 6.18 Å². The van der Waals surface area contributed by atoms with Crippen LogP contribution >= 0.6 is 0 Å². The van der Waals surface area contributed by atoms with Crippen molar-refractivity contribution < 1.29 is 18.0 Å². The zero-order valence-electron chi connectivity index (χ0n) is 17.9. The minimum Gasteiger partial charge on any atom is -0.365 e. The van der Waals surface area contributed by atoms with Crippen molar-refractivity contribution >= 4 is 17.3 Å². The van der Waals surface area contributed by atoms with Gasteiger partial charge in [0.25, 0.3) is 0 Å². The van der Waals surface area contributed by atoms with Crippen molar-refractivity contribution in [3.05, 3.63) is 59.7 Å². The number of carbonyl (C=O) groups is 1. The van der Waals surface area contributed by atoms with Gasteiger partial charge in [-0.15, -0.1) is 0 Å². The molecule has 2 fully saturated rings. The molecule has 0 aromatic heterocycles. The number of anilines is 2. The van der Waals surface area contributed by atoms with Crippen LogP contribution in [0, 0.1) is 5.92 Å². The van der Waals surface area contributed by atoms with Crippen LogP contribution in [0.25, 0.3) is 0 Å². The molecule has 0 bridgehead atoms. The molecule has 1 aliphatic carbocycles. The van der Waals surface area contributed by atoms with Crippen molar-refractivity contribution in [3.8, 4) is 0 Å². The van der Waals surface area contributed by atoms with E-state index in [1.807, 2.05) is 30.3 Å². The molecule has 2 aromatic carbocycles. The maximum atomic E-state index is 13.4. The minimum atomic E-state index is -4.39. The summed E-state index contributed by atoms with van der Waals surface area (Å²) in [5, 5.41) is 3.00. The molecular weight excluding hydrogens is 415 g/mol. The number of amides is 1. The second-order valence-electron chi connectivity index (χ2n) is 9.20. The Kier molecular flexibility index (Phi) is 5.61. The van der Waals surface area contributed by atoms with Crippen LogP contribution in [0.1, 0.15) is 36.8 Å². The highest BCUT2D eigenvalue weighted by Gasteiger charge is 2.44. The van der Waals surface area contributed by atoms with Gasteiger partial charge < -0.3 is 10.2 Å². The Morgan fingerprint density at radius 2 is 1.75 bits per heavy atom. The van der Waals surface area contributed by atoms with Crippen LogP contribution in [-0.4, -0.2) is 42.5 Å². The fourth-order valence-corrected chi connectivity index (χ4v) is 5.68. The summed E-state index contributed by atoms with van der Waals surface area (Å²) in [7, 11) is 0. The first-order chi connectivity index (χ1) is 15.4. The molecule has 32 heavy (non-hydrogen) atoms. The summed E-state index contributed by atoms with van der Waals surface area (Å²) < 4.78 is 40.1. The van der Waals surface area contributed by atoms with Crippen LogP contribution < -0.4 is 10.2 Å². The van der Waals surface area contributed by atoms with Gasteiger partial charge in [-0.2, -0.15) is 13.2 Å². The number of nitrogens with one attached hydrogen (secondary N) is 1. The smallest absolute Gasteiger partial charge is 0.365 e. The van der Waals surface area contributed by atoms with E-state index < -0.39 is 17.7 Å². The lowest BCUT2D eigenvalue weighted by Crippen LogP contribution is -2.61. The van der Waals surface area contributed by atoms with E-state index in [1.165, 1.54) is 37.8 Å². The highest BCUT2D eigenvalue weighted by molar-refractivity contribution is 5.94. The molecule has 2 heterocycles. The van der Waals surface area contributed by atoms with Crippen LogP contribution in [0.2, 0.25) is 0 Å². The fourth-order valence-electron chi connectivity index (χ4n) is 5.68. The number of para-hydroxylation sites is 1. The predicted octanol–water partition coefficient (Wildman–Crippen LogP) is 4.95. The molecule has 1 amide bonds. The number of hydrogen-bond donors (Lipinski definition) is 1. The van der Waals surface area contributed by atoms with Crippen LogP contribution in [0.3, 0.4) is 0 Å². The molecule has 7 heteroatoms. The largest absolute Gasteiger partial charge is 0.416 e. The molecule has 2 aliphatic heterocycles. The molecular formula is C25H28F3N3O. The van der Waals surface area contributed by atoms with E-state index in [2.05, 4.69) is 15.1 Å². The third kappa shape index (κ3) is 4.10. The van der Waals surface area contributed by atoms with E-state index in [1.54, 1.807) is 6.07 Å². The number of alkyl halides is 3. The number of carbonyl (C=O) groups excluding carboxylic acids is 1. The summed E-state index contributed by atoms with van der Waals surface area (Å²) >= 11 is 0. The lowest BCUT2D eigenvalue weighted by atomic mass is 9.82. The molecule has 1 saturated carbocycles. The first-order valence-corrected chi connectivity index (χ1v) is 11.5. The van der Waals surface area contributed by atoms with Gasteiger partial charge in [0, 0.05) is 37.1 Å². The summed E-state index contributed by atoms with van der Waals surface area (Å²) in [5.74, 6) is -0.530. The fraction of sp³-hybridized carbons (Fsp3) is 0.480. The first kappa shape index (κ1) is 21.3. The number of piperazine rings is 1. The van der Waals surface area contributed by atoms with E-state index in [4.69, 9.17) is 0 Å². The Labute approximate surface area is 186 Å². The molecule has 5 rings (SSSR count). The summed E-state index contributed by atoms with van der Waals surface area (Å²) in [6.07, 6.45) is 0.803. The molecule has 1 N–H and O–H groups in total. The second-order valence-corrected chi connectivity index (χ2v) is 9.20. The quantitative estimate of drug-likeness (QED) is 0.729. The Morgan fingerprint density at radius 1 is 1.00 bits per heavy atom. The molecule has 170 valence electrons. The van der Waals surface area contributed by atoms with E-state index in [0.29, 0.717) is 23.7 Å². The van der Waals surface area contributed by atoms with Gasteiger partial charge in [-0.1, -0.05) is 31.0 Å². The number of halogens is 3. The van der Waals surface area contributed by atoms with Gasteiger partial charge in [0.1, 0.15) is 0 Å². The number of rotatable bonds is 3. The maximum absolute atomic E-state index is 13.4. The standard InChI is InChI=1S/C25H28F3N3O/c26-25(27,28)18-10-11-22-17(14-18)15-21(24(32)29-19-6-2-1-3-7-19)23-16-30(12-13-31(22)23)20-8-4-5-9-20/h1-3,6-7,10-11,14,20-21,23H,4-5,8-9,12-13,15-16H2,(H,29,32)/t21-,23+/m0/s1. The molecule has 0 unspecified atom stereocenters. The topological polar surface area (TPSA) is 35.6 Å². The highest BCUT2D eigenvalue weighted by atomic mass is 19.4. The Bertz CT molecular complexity index is 972. The van der Waals surface area contributed by atoms with Crippen molar-refractivity contribution in [3.63, 3.8) is 0 Å². The van der Waals surface area contributed by atoms with Crippen LogP contribution in [-0.2, 0) is 17.4 Å². The van der Waals surface area contributed by atoms with Crippen molar-refractivity contribution in [2.75, 3.05) is 29.9 Å². The molecule has 3 aliphatic rings. The van der Waals surface area contributed by atoms with Gasteiger partial charge in [-0.3, -0.25) is 9.69 Å². The van der Waals surface area contributed by atoms with Crippen LogP contribution in [0.4, 0.5) is 24.5 Å². The van der Waals surface area contributed by atoms with Crippen LogP contribution in [0.5, 0.6) is 0 Å². The predicted molar refractivity (Wildman–Crippen MR) is 119 cm³/mol. The monoisotopic (exact) mass is 443 g/mol. The second kappa shape index (κ2) is 8.43. The van der Waals surface area contributed by atoms with Gasteiger partial charge in [0.05, 0.1) is 17.5 Å². The third-order valence-corrected chi connectivity index (χ3v) is 7.29. The van der Waals surface area contributed by atoms with E-state index in [0.717, 1.165) is 25.3 Å². The first-order valence-electron chi connectivity index (χ1n) is 11.5.